The zero-order valence-corrected chi connectivity index (χ0v) is 8.90. The molecule has 1 rings (SSSR count). The maximum atomic E-state index is 11.0. The Labute approximate surface area is 92.7 Å². The summed E-state index contributed by atoms with van der Waals surface area (Å²) in [6, 6.07) is 1.49. The second-order valence-electron chi connectivity index (χ2n) is 3.06. The summed E-state index contributed by atoms with van der Waals surface area (Å²) in [4.78, 5) is 24.1. The third-order valence-corrected chi connectivity index (χ3v) is 1.84. The predicted molar refractivity (Wildman–Crippen MR) is 58.0 cm³/mol. The first kappa shape index (κ1) is 12.0. The number of aromatic amines is 1. The minimum Gasteiger partial charge on any atom is -0.477 e. The summed E-state index contributed by atoms with van der Waals surface area (Å²) in [6.07, 6.45) is 5.04. The van der Waals surface area contributed by atoms with Gasteiger partial charge in [-0.1, -0.05) is 12.2 Å². The summed E-state index contributed by atoms with van der Waals surface area (Å²) in [6.45, 7) is 2.10. The Bertz CT molecular complexity index is 406. The van der Waals surface area contributed by atoms with E-state index in [-0.39, 0.29) is 18.1 Å². The van der Waals surface area contributed by atoms with Gasteiger partial charge < -0.3 is 14.8 Å². The van der Waals surface area contributed by atoms with Gasteiger partial charge >= 0.3 is 11.9 Å². The normalized spacial score (nSPS) is 10.6. The zero-order chi connectivity index (χ0) is 12.0. The molecule has 0 aromatic carbocycles. The van der Waals surface area contributed by atoms with Crippen molar-refractivity contribution in [3.05, 3.63) is 29.6 Å². The monoisotopic (exact) mass is 223 g/mol. The Morgan fingerprint density at radius 3 is 2.88 bits per heavy atom. The van der Waals surface area contributed by atoms with Crippen molar-refractivity contribution in [2.24, 2.45) is 0 Å². The third-order valence-electron chi connectivity index (χ3n) is 1.84. The lowest BCUT2D eigenvalue weighted by Gasteiger charge is -1.95. The van der Waals surface area contributed by atoms with Crippen LogP contribution in [0.1, 0.15) is 29.4 Å². The topological polar surface area (TPSA) is 79.4 Å². The molecule has 0 amide bonds. The van der Waals surface area contributed by atoms with Gasteiger partial charge in [0.05, 0.1) is 13.0 Å². The van der Waals surface area contributed by atoms with Crippen LogP contribution in [0, 0.1) is 0 Å². The molecule has 2 N–H and O–H groups in total. The highest BCUT2D eigenvalue weighted by atomic mass is 16.5. The minimum atomic E-state index is -1.01. The quantitative estimate of drug-likeness (QED) is 0.744. The zero-order valence-electron chi connectivity index (χ0n) is 8.90. The average Bonchev–Trinajstić information content (AvgIpc) is 2.67. The molecule has 0 fully saturated rings. The molecule has 0 saturated heterocycles. The molecule has 0 atom stereocenters. The Morgan fingerprint density at radius 1 is 1.56 bits per heavy atom. The van der Waals surface area contributed by atoms with E-state index >= 15 is 0 Å². The van der Waals surface area contributed by atoms with Crippen LogP contribution in [0.25, 0.3) is 6.08 Å². The van der Waals surface area contributed by atoms with E-state index in [1.54, 1.807) is 25.3 Å². The Morgan fingerprint density at radius 2 is 2.31 bits per heavy atom. The van der Waals surface area contributed by atoms with E-state index in [9.17, 15) is 9.59 Å². The minimum absolute atomic E-state index is 0.121. The fourth-order valence-corrected chi connectivity index (χ4v) is 1.14. The number of H-pyrrole nitrogens is 1. The summed E-state index contributed by atoms with van der Waals surface area (Å²) in [7, 11) is 0. The SMILES string of the molecule is CCOC(=O)CC=Cc1c[nH]c(C(=O)O)c1. The fourth-order valence-electron chi connectivity index (χ4n) is 1.14. The summed E-state index contributed by atoms with van der Waals surface area (Å²) in [5.74, 6) is -1.31. The second-order valence-corrected chi connectivity index (χ2v) is 3.06. The molecular weight excluding hydrogens is 210 g/mol. The lowest BCUT2D eigenvalue weighted by Crippen LogP contribution is -2.01. The number of aromatic carboxylic acids is 1. The van der Waals surface area contributed by atoms with Crippen molar-refractivity contribution >= 4 is 18.0 Å². The number of ether oxygens (including phenoxy) is 1. The Kier molecular flexibility index (Phi) is 4.32. The van der Waals surface area contributed by atoms with Crippen LogP contribution in [0.15, 0.2) is 18.3 Å². The van der Waals surface area contributed by atoms with E-state index in [1.807, 2.05) is 0 Å². The molecular formula is C11H13NO4. The van der Waals surface area contributed by atoms with Gasteiger partial charge in [0, 0.05) is 6.20 Å². The van der Waals surface area contributed by atoms with Crippen molar-refractivity contribution < 1.29 is 19.4 Å². The van der Waals surface area contributed by atoms with Gasteiger partial charge in [-0.25, -0.2) is 4.79 Å². The molecule has 16 heavy (non-hydrogen) atoms. The summed E-state index contributed by atoms with van der Waals surface area (Å²) >= 11 is 0. The van der Waals surface area contributed by atoms with Gasteiger partial charge in [-0.3, -0.25) is 4.79 Å². The van der Waals surface area contributed by atoms with E-state index in [4.69, 9.17) is 9.84 Å². The van der Waals surface area contributed by atoms with Gasteiger partial charge in [0.1, 0.15) is 5.69 Å². The number of carbonyl (C=O) groups excluding carboxylic acids is 1. The largest absolute Gasteiger partial charge is 0.477 e. The maximum Gasteiger partial charge on any atom is 0.352 e. The molecule has 0 bridgehead atoms. The van der Waals surface area contributed by atoms with Crippen molar-refractivity contribution in [2.75, 3.05) is 6.61 Å². The number of rotatable bonds is 5. The number of carboxylic acids is 1. The molecule has 0 saturated carbocycles. The number of hydrogen-bond acceptors (Lipinski definition) is 3. The van der Waals surface area contributed by atoms with Crippen LogP contribution in [0.3, 0.4) is 0 Å². The van der Waals surface area contributed by atoms with E-state index in [1.165, 1.54) is 6.07 Å². The van der Waals surface area contributed by atoms with Crippen molar-refractivity contribution in [1.29, 1.82) is 0 Å². The molecule has 0 aliphatic rings. The predicted octanol–water partition coefficient (Wildman–Crippen LogP) is 1.68. The number of hydrogen-bond donors (Lipinski definition) is 2. The van der Waals surface area contributed by atoms with Gasteiger partial charge in [0.25, 0.3) is 0 Å². The van der Waals surface area contributed by atoms with Crippen LogP contribution in [0.2, 0.25) is 0 Å². The van der Waals surface area contributed by atoms with Crippen LogP contribution in [0.5, 0.6) is 0 Å². The average molecular weight is 223 g/mol. The molecule has 5 nitrogen and oxygen atoms in total. The van der Waals surface area contributed by atoms with Crippen molar-refractivity contribution in [2.45, 2.75) is 13.3 Å². The molecule has 0 spiro atoms. The molecule has 86 valence electrons. The fraction of sp³-hybridized carbons (Fsp3) is 0.273. The second kappa shape index (κ2) is 5.75. The lowest BCUT2D eigenvalue weighted by atomic mass is 10.2. The molecule has 0 radical (unpaired) electrons. The number of esters is 1. The summed E-state index contributed by atoms with van der Waals surface area (Å²) in [5.41, 5.74) is 0.831. The number of nitrogens with one attached hydrogen (secondary N) is 1. The third kappa shape index (κ3) is 3.61. The van der Waals surface area contributed by atoms with Gasteiger partial charge in [-0.05, 0) is 18.6 Å². The Hall–Kier alpha value is -2.04. The molecule has 5 heteroatoms. The first-order valence-corrected chi connectivity index (χ1v) is 4.87. The number of carboxylic acid groups (broad SMARTS) is 1. The van der Waals surface area contributed by atoms with Crippen LogP contribution in [0.4, 0.5) is 0 Å². The van der Waals surface area contributed by atoms with Gasteiger partial charge in [0.15, 0.2) is 0 Å². The highest BCUT2D eigenvalue weighted by molar-refractivity contribution is 5.86. The van der Waals surface area contributed by atoms with Crippen molar-refractivity contribution in [1.82, 2.24) is 4.98 Å². The van der Waals surface area contributed by atoms with E-state index in [0.717, 1.165) is 0 Å². The summed E-state index contributed by atoms with van der Waals surface area (Å²) in [5, 5.41) is 8.65. The highest BCUT2D eigenvalue weighted by Crippen LogP contribution is 2.06. The Balaban J connectivity index is 2.50. The van der Waals surface area contributed by atoms with Crippen LogP contribution in [-0.4, -0.2) is 28.6 Å². The first-order valence-electron chi connectivity index (χ1n) is 4.87. The van der Waals surface area contributed by atoms with E-state index in [0.29, 0.717) is 12.2 Å². The van der Waals surface area contributed by atoms with Gasteiger partial charge in [-0.15, -0.1) is 0 Å². The highest BCUT2D eigenvalue weighted by Gasteiger charge is 2.03. The van der Waals surface area contributed by atoms with E-state index < -0.39 is 5.97 Å². The lowest BCUT2D eigenvalue weighted by molar-refractivity contribution is -0.142. The molecule has 0 unspecified atom stereocenters. The number of aromatic nitrogens is 1. The number of carbonyl (C=O) groups is 2. The van der Waals surface area contributed by atoms with Crippen molar-refractivity contribution in [3.8, 4) is 0 Å². The van der Waals surface area contributed by atoms with Crippen LogP contribution < -0.4 is 0 Å². The molecule has 1 aromatic heterocycles. The molecule has 0 aliphatic carbocycles. The molecule has 0 aliphatic heterocycles. The van der Waals surface area contributed by atoms with Gasteiger partial charge in [-0.2, -0.15) is 0 Å². The molecule has 1 heterocycles. The first-order chi connectivity index (χ1) is 7.63. The van der Waals surface area contributed by atoms with Gasteiger partial charge in [0.2, 0.25) is 0 Å². The van der Waals surface area contributed by atoms with Crippen LogP contribution in [-0.2, 0) is 9.53 Å². The van der Waals surface area contributed by atoms with Crippen LogP contribution >= 0.6 is 0 Å². The molecule has 1 aromatic rings. The smallest absolute Gasteiger partial charge is 0.352 e. The summed E-state index contributed by atoms with van der Waals surface area (Å²) < 4.78 is 4.73. The van der Waals surface area contributed by atoms with Crippen molar-refractivity contribution in [3.63, 3.8) is 0 Å². The van der Waals surface area contributed by atoms with E-state index in [2.05, 4.69) is 4.98 Å². The maximum absolute atomic E-state index is 11.0. The standard InChI is InChI=1S/C11H13NO4/c1-2-16-10(13)5-3-4-8-6-9(11(14)15)12-7-8/h3-4,6-7,12H,2,5H2,1H3,(H,14,15).